The summed E-state index contributed by atoms with van der Waals surface area (Å²) in [5, 5.41) is 0. The molecule has 0 atom stereocenters. The molecule has 0 aliphatic carbocycles. The van der Waals surface area contributed by atoms with Crippen LogP contribution in [0.25, 0.3) is 0 Å². The molecule has 0 amide bonds. The van der Waals surface area contributed by atoms with Crippen molar-refractivity contribution in [3.63, 3.8) is 0 Å². The van der Waals surface area contributed by atoms with Crippen molar-refractivity contribution in [3.8, 4) is 0 Å². The van der Waals surface area contributed by atoms with Crippen LogP contribution in [-0.4, -0.2) is 10.8 Å². The minimum Gasteiger partial charge on any atom is -0.294 e. The number of carbonyl (C=O) groups excluding carboxylic acids is 1. The Balaban J connectivity index is 2.89. The Morgan fingerprint density at radius 2 is 2.38 bits per heavy atom. The van der Waals surface area contributed by atoms with Crippen LogP contribution >= 0.6 is 0 Å². The number of allylic oxidation sites excluding steroid dienone is 1. The first-order chi connectivity index (χ1) is 6.11. The number of aromatic nitrogens is 1. The van der Waals surface area contributed by atoms with E-state index in [-0.39, 0.29) is 17.8 Å². The number of hydrogen-bond donors (Lipinski definition) is 0. The highest BCUT2D eigenvalue weighted by Gasteiger charge is 2.10. The van der Waals surface area contributed by atoms with Gasteiger partial charge in [0, 0.05) is 12.6 Å². The topological polar surface area (TPSA) is 30.0 Å². The van der Waals surface area contributed by atoms with Crippen LogP contribution < -0.4 is 0 Å². The third-order valence-electron chi connectivity index (χ3n) is 1.54. The van der Waals surface area contributed by atoms with Gasteiger partial charge in [-0.2, -0.15) is 0 Å². The van der Waals surface area contributed by atoms with Crippen LogP contribution in [0, 0.1) is 5.82 Å². The second-order valence-electron chi connectivity index (χ2n) is 2.91. The van der Waals surface area contributed by atoms with Crippen molar-refractivity contribution in [2.24, 2.45) is 0 Å². The summed E-state index contributed by atoms with van der Waals surface area (Å²) in [6.45, 7) is 5.32. The first-order valence-corrected chi connectivity index (χ1v) is 3.88. The Bertz CT molecular complexity index is 347. The smallest absolute Gasteiger partial charge is 0.169 e. The van der Waals surface area contributed by atoms with E-state index in [1.165, 1.54) is 12.3 Å². The van der Waals surface area contributed by atoms with Gasteiger partial charge >= 0.3 is 0 Å². The van der Waals surface area contributed by atoms with Gasteiger partial charge in [0.1, 0.15) is 0 Å². The molecule has 0 fully saturated rings. The zero-order valence-electron chi connectivity index (χ0n) is 7.38. The summed E-state index contributed by atoms with van der Waals surface area (Å²) in [5.74, 6) is -0.832. The normalized spacial score (nSPS) is 9.69. The number of Topliss-reactive ketones (excluding diaryl/α,β-unsaturated/α-hetero) is 1. The summed E-state index contributed by atoms with van der Waals surface area (Å²) >= 11 is 0. The fourth-order valence-electron chi connectivity index (χ4n) is 0.971. The maximum Gasteiger partial charge on any atom is 0.169 e. The predicted molar refractivity (Wildman–Crippen MR) is 48.0 cm³/mol. The van der Waals surface area contributed by atoms with Crippen LogP contribution in [0.4, 0.5) is 4.39 Å². The molecular formula is C10H10FNO. The summed E-state index contributed by atoms with van der Waals surface area (Å²) in [6, 6.07) is 1.38. The van der Waals surface area contributed by atoms with Gasteiger partial charge in [0.05, 0.1) is 11.8 Å². The van der Waals surface area contributed by atoms with E-state index >= 15 is 0 Å². The zero-order valence-corrected chi connectivity index (χ0v) is 7.38. The van der Waals surface area contributed by atoms with Crippen molar-refractivity contribution in [2.75, 3.05) is 0 Å². The van der Waals surface area contributed by atoms with Gasteiger partial charge in [0.15, 0.2) is 11.6 Å². The van der Waals surface area contributed by atoms with Gasteiger partial charge in [0.25, 0.3) is 0 Å². The van der Waals surface area contributed by atoms with E-state index in [1.54, 1.807) is 6.92 Å². The average Bonchev–Trinajstić information content (AvgIpc) is 2.03. The van der Waals surface area contributed by atoms with Gasteiger partial charge in [-0.15, -0.1) is 0 Å². The third kappa shape index (κ3) is 2.47. The molecule has 0 aliphatic heterocycles. The van der Waals surface area contributed by atoms with Crippen LogP contribution in [0.1, 0.15) is 23.7 Å². The quantitative estimate of drug-likeness (QED) is 0.526. The highest BCUT2D eigenvalue weighted by molar-refractivity contribution is 5.97. The molecule has 0 saturated carbocycles. The summed E-state index contributed by atoms with van der Waals surface area (Å²) in [4.78, 5) is 14.9. The third-order valence-corrected chi connectivity index (χ3v) is 1.54. The lowest BCUT2D eigenvalue weighted by Gasteiger charge is -2.00. The van der Waals surface area contributed by atoms with E-state index in [0.717, 1.165) is 11.8 Å². The van der Waals surface area contributed by atoms with Gasteiger partial charge < -0.3 is 0 Å². The average molecular weight is 179 g/mol. The molecule has 2 nitrogen and oxygen atoms in total. The Hall–Kier alpha value is -1.51. The molecule has 0 aliphatic rings. The number of pyridine rings is 1. The summed E-state index contributed by atoms with van der Waals surface area (Å²) in [7, 11) is 0. The van der Waals surface area contributed by atoms with E-state index < -0.39 is 5.82 Å². The molecule has 1 aromatic rings. The summed E-state index contributed by atoms with van der Waals surface area (Å²) < 4.78 is 13.0. The minimum absolute atomic E-state index is 0.0815. The molecule has 0 radical (unpaired) electrons. The largest absolute Gasteiger partial charge is 0.294 e. The van der Waals surface area contributed by atoms with Gasteiger partial charge in [-0.25, -0.2) is 4.39 Å². The molecular weight excluding hydrogens is 169 g/mol. The maximum atomic E-state index is 13.0. The van der Waals surface area contributed by atoms with Crippen LogP contribution in [-0.2, 0) is 0 Å². The molecule has 13 heavy (non-hydrogen) atoms. The highest BCUT2D eigenvalue weighted by Crippen LogP contribution is 2.10. The van der Waals surface area contributed by atoms with E-state index in [4.69, 9.17) is 0 Å². The SMILES string of the molecule is C=C(C)CC(=O)c1ccncc1F. The van der Waals surface area contributed by atoms with Crippen LogP contribution in [0.3, 0.4) is 0 Å². The lowest BCUT2D eigenvalue weighted by atomic mass is 10.1. The molecule has 68 valence electrons. The number of halogens is 1. The molecule has 0 spiro atoms. The van der Waals surface area contributed by atoms with Crippen molar-refractivity contribution in [1.29, 1.82) is 0 Å². The molecule has 1 heterocycles. The maximum absolute atomic E-state index is 13.0. The number of carbonyl (C=O) groups is 1. The Kier molecular flexibility index (Phi) is 2.90. The van der Waals surface area contributed by atoms with E-state index in [1.807, 2.05) is 0 Å². The Labute approximate surface area is 76.1 Å². The number of hydrogen-bond acceptors (Lipinski definition) is 2. The number of nitrogens with zero attached hydrogens (tertiary/aromatic N) is 1. The molecule has 1 rings (SSSR count). The summed E-state index contributed by atoms with van der Waals surface area (Å²) in [6.07, 6.45) is 2.61. The molecule has 0 aromatic carbocycles. The van der Waals surface area contributed by atoms with E-state index in [2.05, 4.69) is 11.6 Å². The molecule has 0 unspecified atom stereocenters. The van der Waals surface area contributed by atoms with Gasteiger partial charge in [0.2, 0.25) is 0 Å². The fraction of sp³-hybridized carbons (Fsp3) is 0.200. The molecule has 0 bridgehead atoms. The lowest BCUT2D eigenvalue weighted by Crippen LogP contribution is -2.02. The van der Waals surface area contributed by atoms with E-state index in [9.17, 15) is 9.18 Å². The van der Waals surface area contributed by atoms with Gasteiger partial charge in [-0.3, -0.25) is 9.78 Å². The zero-order chi connectivity index (χ0) is 9.84. The van der Waals surface area contributed by atoms with Crippen LogP contribution in [0.5, 0.6) is 0 Å². The van der Waals surface area contributed by atoms with E-state index in [0.29, 0.717) is 0 Å². The first kappa shape index (κ1) is 9.58. The van der Waals surface area contributed by atoms with Gasteiger partial charge in [-0.1, -0.05) is 12.2 Å². The van der Waals surface area contributed by atoms with Crippen molar-refractivity contribution in [2.45, 2.75) is 13.3 Å². The second-order valence-corrected chi connectivity index (χ2v) is 2.91. The number of rotatable bonds is 3. The molecule has 1 aromatic heterocycles. The highest BCUT2D eigenvalue weighted by atomic mass is 19.1. The van der Waals surface area contributed by atoms with Crippen molar-refractivity contribution >= 4 is 5.78 Å². The van der Waals surface area contributed by atoms with Crippen LogP contribution in [0.15, 0.2) is 30.6 Å². The minimum atomic E-state index is -0.575. The fourth-order valence-corrected chi connectivity index (χ4v) is 0.971. The molecule has 3 heteroatoms. The Morgan fingerprint density at radius 1 is 1.69 bits per heavy atom. The predicted octanol–water partition coefficient (Wildman–Crippen LogP) is 2.37. The monoisotopic (exact) mass is 179 g/mol. The standard InChI is InChI=1S/C10H10FNO/c1-7(2)5-10(13)8-3-4-12-6-9(8)11/h3-4,6H,1,5H2,2H3. The van der Waals surface area contributed by atoms with Gasteiger partial charge in [-0.05, 0) is 13.0 Å². The lowest BCUT2D eigenvalue weighted by molar-refractivity contribution is 0.0989. The van der Waals surface area contributed by atoms with Crippen molar-refractivity contribution < 1.29 is 9.18 Å². The second kappa shape index (κ2) is 3.94. The van der Waals surface area contributed by atoms with Crippen molar-refractivity contribution in [3.05, 3.63) is 42.0 Å². The molecule has 0 N–H and O–H groups in total. The van der Waals surface area contributed by atoms with Crippen LogP contribution in [0.2, 0.25) is 0 Å². The Morgan fingerprint density at radius 3 is 2.92 bits per heavy atom. The number of ketones is 1. The summed E-state index contributed by atoms with van der Waals surface area (Å²) in [5.41, 5.74) is 0.805. The van der Waals surface area contributed by atoms with Crippen molar-refractivity contribution in [1.82, 2.24) is 4.98 Å². The first-order valence-electron chi connectivity index (χ1n) is 3.88. The molecule has 0 saturated heterocycles.